The van der Waals surface area contributed by atoms with Gasteiger partial charge in [-0.25, -0.2) is 4.98 Å². The SMILES string of the molecule is C/C(=C\c1ccc(Cl)[nH]1)c1nc([C@@H](O)[C@@H](C)[C@H](C)O)co1. The van der Waals surface area contributed by atoms with Crippen LogP contribution in [-0.4, -0.2) is 26.3 Å². The highest BCUT2D eigenvalue weighted by Gasteiger charge is 2.24. The van der Waals surface area contributed by atoms with E-state index in [4.69, 9.17) is 16.0 Å². The summed E-state index contributed by atoms with van der Waals surface area (Å²) in [6, 6.07) is 3.61. The van der Waals surface area contributed by atoms with Gasteiger partial charge >= 0.3 is 0 Å². The predicted molar refractivity (Wildman–Crippen MR) is 81.7 cm³/mol. The second-order valence-electron chi connectivity index (χ2n) is 5.21. The number of hydrogen-bond acceptors (Lipinski definition) is 4. The van der Waals surface area contributed by atoms with Crippen LogP contribution in [0.4, 0.5) is 0 Å². The lowest BCUT2D eigenvalue weighted by molar-refractivity contribution is 0.0283. The van der Waals surface area contributed by atoms with Gasteiger partial charge in [-0.1, -0.05) is 18.5 Å². The van der Waals surface area contributed by atoms with Gasteiger partial charge in [0.15, 0.2) is 0 Å². The van der Waals surface area contributed by atoms with E-state index in [2.05, 4.69) is 9.97 Å². The monoisotopic (exact) mass is 310 g/mol. The molecule has 6 heteroatoms. The van der Waals surface area contributed by atoms with E-state index in [1.165, 1.54) is 6.26 Å². The van der Waals surface area contributed by atoms with Crippen molar-refractivity contribution in [3.63, 3.8) is 0 Å². The Labute approximate surface area is 128 Å². The minimum absolute atomic E-state index is 0.325. The number of aromatic nitrogens is 2. The third-order valence-electron chi connectivity index (χ3n) is 3.47. The zero-order valence-corrected chi connectivity index (χ0v) is 12.9. The Morgan fingerprint density at radius 2 is 2.10 bits per heavy atom. The molecule has 3 atom stereocenters. The van der Waals surface area contributed by atoms with Crippen LogP contribution in [0.25, 0.3) is 11.6 Å². The van der Waals surface area contributed by atoms with E-state index in [0.29, 0.717) is 16.7 Å². The van der Waals surface area contributed by atoms with Crippen molar-refractivity contribution in [2.24, 2.45) is 5.92 Å². The van der Waals surface area contributed by atoms with Crippen LogP contribution in [0.5, 0.6) is 0 Å². The van der Waals surface area contributed by atoms with Crippen LogP contribution >= 0.6 is 11.6 Å². The number of aromatic amines is 1. The highest BCUT2D eigenvalue weighted by atomic mass is 35.5. The van der Waals surface area contributed by atoms with E-state index in [0.717, 1.165) is 11.3 Å². The molecule has 0 aliphatic carbocycles. The van der Waals surface area contributed by atoms with Crippen molar-refractivity contribution in [1.82, 2.24) is 9.97 Å². The minimum Gasteiger partial charge on any atom is -0.444 e. The average Bonchev–Trinajstić information content (AvgIpc) is 3.06. The maximum Gasteiger partial charge on any atom is 0.221 e. The second-order valence-corrected chi connectivity index (χ2v) is 5.62. The van der Waals surface area contributed by atoms with Crippen molar-refractivity contribution >= 4 is 23.3 Å². The van der Waals surface area contributed by atoms with Gasteiger partial charge < -0.3 is 19.6 Å². The first-order valence-electron chi connectivity index (χ1n) is 6.73. The van der Waals surface area contributed by atoms with Gasteiger partial charge in [0.25, 0.3) is 0 Å². The van der Waals surface area contributed by atoms with Gasteiger partial charge in [0, 0.05) is 17.2 Å². The van der Waals surface area contributed by atoms with Crippen molar-refractivity contribution in [1.29, 1.82) is 0 Å². The summed E-state index contributed by atoms with van der Waals surface area (Å²) in [6.07, 6.45) is 1.78. The lowest BCUT2D eigenvalue weighted by Gasteiger charge is -2.18. The van der Waals surface area contributed by atoms with Gasteiger partial charge in [0.05, 0.1) is 6.10 Å². The third-order valence-corrected chi connectivity index (χ3v) is 3.69. The van der Waals surface area contributed by atoms with Crippen molar-refractivity contribution in [2.45, 2.75) is 33.0 Å². The minimum atomic E-state index is -0.866. The Balaban J connectivity index is 2.17. The Hall–Kier alpha value is -1.56. The summed E-state index contributed by atoms with van der Waals surface area (Å²) in [5.74, 6) is 0.0991. The highest BCUT2D eigenvalue weighted by Crippen LogP contribution is 2.26. The van der Waals surface area contributed by atoms with Gasteiger partial charge in [-0.15, -0.1) is 0 Å². The molecule has 0 amide bonds. The number of oxazole rings is 1. The van der Waals surface area contributed by atoms with Gasteiger partial charge in [0.2, 0.25) is 5.89 Å². The maximum absolute atomic E-state index is 10.1. The zero-order valence-electron chi connectivity index (χ0n) is 12.2. The normalized spacial score (nSPS) is 16.8. The van der Waals surface area contributed by atoms with E-state index in [1.807, 2.05) is 19.1 Å². The number of rotatable bonds is 5. The number of nitrogens with zero attached hydrogens (tertiary/aromatic N) is 1. The van der Waals surface area contributed by atoms with Crippen molar-refractivity contribution < 1.29 is 14.6 Å². The van der Waals surface area contributed by atoms with Crippen LogP contribution in [0.3, 0.4) is 0 Å². The van der Waals surface area contributed by atoms with Crippen molar-refractivity contribution in [3.8, 4) is 0 Å². The Morgan fingerprint density at radius 1 is 1.38 bits per heavy atom. The van der Waals surface area contributed by atoms with Gasteiger partial charge in [0.1, 0.15) is 23.2 Å². The molecule has 0 spiro atoms. The Morgan fingerprint density at radius 3 is 2.67 bits per heavy atom. The number of halogens is 1. The predicted octanol–water partition coefficient (Wildman–Crippen LogP) is 3.27. The largest absolute Gasteiger partial charge is 0.444 e. The summed E-state index contributed by atoms with van der Waals surface area (Å²) in [6.45, 7) is 5.25. The highest BCUT2D eigenvalue weighted by molar-refractivity contribution is 6.29. The topological polar surface area (TPSA) is 82.3 Å². The fourth-order valence-corrected chi connectivity index (χ4v) is 2.07. The molecule has 2 rings (SSSR count). The van der Waals surface area contributed by atoms with E-state index >= 15 is 0 Å². The Bertz CT molecular complexity index is 630. The first-order chi connectivity index (χ1) is 9.88. The van der Waals surface area contributed by atoms with E-state index in [1.54, 1.807) is 19.9 Å². The molecule has 5 nitrogen and oxygen atoms in total. The molecule has 0 aliphatic rings. The first-order valence-corrected chi connectivity index (χ1v) is 7.11. The molecule has 0 saturated heterocycles. The van der Waals surface area contributed by atoms with Crippen LogP contribution in [0.15, 0.2) is 22.8 Å². The second kappa shape index (κ2) is 6.47. The number of H-pyrrole nitrogens is 1. The molecule has 2 aromatic rings. The Kier molecular flexibility index (Phi) is 4.88. The summed E-state index contributed by atoms with van der Waals surface area (Å²) >= 11 is 5.82. The van der Waals surface area contributed by atoms with Crippen LogP contribution in [0.1, 0.15) is 44.2 Å². The number of allylic oxidation sites excluding steroid dienone is 1. The van der Waals surface area contributed by atoms with Gasteiger partial charge in [-0.2, -0.15) is 0 Å². The molecule has 0 aromatic carbocycles. The smallest absolute Gasteiger partial charge is 0.221 e. The fraction of sp³-hybridized carbons (Fsp3) is 0.400. The molecular formula is C15H19ClN2O3. The third kappa shape index (κ3) is 3.75. The molecule has 0 saturated carbocycles. The standard InChI is InChI=1S/C15H19ClN2O3/c1-8(6-11-4-5-13(16)17-11)15-18-12(7-21-15)14(20)9(2)10(3)19/h4-7,9-10,14,17,19-20H,1-3H3/b8-6+/t9-,10-,14-/m0/s1. The summed E-state index contributed by atoms with van der Waals surface area (Å²) in [7, 11) is 0. The summed E-state index contributed by atoms with van der Waals surface area (Å²) < 4.78 is 5.39. The summed E-state index contributed by atoms with van der Waals surface area (Å²) in [5, 5.41) is 20.2. The molecule has 3 N–H and O–H groups in total. The number of aliphatic hydroxyl groups is 2. The van der Waals surface area contributed by atoms with Crippen LogP contribution in [0.2, 0.25) is 5.15 Å². The first kappa shape index (κ1) is 15.8. The molecule has 0 bridgehead atoms. The number of nitrogens with one attached hydrogen (secondary N) is 1. The number of hydrogen-bond donors (Lipinski definition) is 3. The molecule has 0 radical (unpaired) electrons. The molecule has 114 valence electrons. The molecule has 0 aliphatic heterocycles. The van der Waals surface area contributed by atoms with Gasteiger partial charge in [-0.3, -0.25) is 0 Å². The molecule has 0 fully saturated rings. The van der Waals surface area contributed by atoms with Gasteiger partial charge in [-0.05, 0) is 32.1 Å². The number of aliphatic hydroxyl groups excluding tert-OH is 2. The summed E-state index contributed by atoms with van der Waals surface area (Å²) in [5.41, 5.74) is 2.06. The molecule has 21 heavy (non-hydrogen) atoms. The lowest BCUT2D eigenvalue weighted by Crippen LogP contribution is -2.21. The van der Waals surface area contributed by atoms with Crippen molar-refractivity contribution in [2.75, 3.05) is 0 Å². The molecule has 2 aromatic heterocycles. The van der Waals surface area contributed by atoms with Crippen LogP contribution in [0, 0.1) is 5.92 Å². The lowest BCUT2D eigenvalue weighted by atomic mass is 9.97. The maximum atomic E-state index is 10.1. The van der Waals surface area contributed by atoms with Crippen molar-refractivity contribution in [3.05, 3.63) is 40.8 Å². The van der Waals surface area contributed by atoms with Crippen LogP contribution in [-0.2, 0) is 0 Å². The van der Waals surface area contributed by atoms with E-state index in [-0.39, 0.29) is 5.92 Å². The molecular weight excluding hydrogens is 292 g/mol. The zero-order chi connectivity index (χ0) is 15.6. The molecule has 0 unspecified atom stereocenters. The fourth-order valence-electron chi connectivity index (χ4n) is 1.90. The van der Waals surface area contributed by atoms with E-state index in [9.17, 15) is 10.2 Å². The molecule has 2 heterocycles. The van der Waals surface area contributed by atoms with Crippen LogP contribution < -0.4 is 0 Å². The summed E-state index contributed by atoms with van der Waals surface area (Å²) in [4.78, 5) is 7.25. The quantitative estimate of drug-likeness (QED) is 0.791. The van der Waals surface area contributed by atoms with E-state index < -0.39 is 12.2 Å². The average molecular weight is 311 g/mol.